The van der Waals surface area contributed by atoms with Crippen molar-refractivity contribution in [3.05, 3.63) is 64.4 Å². The molecule has 2 unspecified atom stereocenters. The van der Waals surface area contributed by atoms with E-state index in [1.54, 1.807) is 6.92 Å². The van der Waals surface area contributed by atoms with E-state index in [0.29, 0.717) is 5.75 Å². The largest absolute Gasteiger partial charge is 0.484 e. The van der Waals surface area contributed by atoms with Crippen LogP contribution in [0.25, 0.3) is 0 Å². The standard InChI is InChI=1S/C22H26BrFN2O3/c1-4-15(2)25-22(28)16(3)26(13-17-6-5-7-18(23)12-17)21(27)14-29-20-10-8-19(24)9-11-20/h5-12,15-16H,4,13-14H2,1-3H3,(H,25,28). The first-order chi connectivity index (χ1) is 13.8. The molecule has 0 saturated heterocycles. The van der Waals surface area contributed by atoms with Gasteiger partial charge < -0.3 is 15.0 Å². The maximum absolute atomic E-state index is 13.0. The van der Waals surface area contributed by atoms with Gasteiger partial charge in [-0.25, -0.2) is 4.39 Å². The molecule has 0 heterocycles. The van der Waals surface area contributed by atoms with Crippen LogP contribution in [0.1, 0.15) is 32.8 Å². The second-order valence-corrected chi connectivity index (χ2v) is 7.80. The number of rotatable bonds is 9. The lowest BCUT2D eigenvalue weighted by molar-refractivity contribution is -0.142. The molecule has 0 radical (unpaired) electrons. The van der Waals surface area contributed by atoms with Crippen molar-refractivity contribution in [1.82, 2.24) is 10.2 Å². The molecule has 0 aromatic heterocycles. The molecule has 2 amide bonds. The number of carbonyl (C=O) groups is 2. The maximum atomic E-state index is 13.0. The summed E-state index contributed by atoms with van der Waals surface area (Å²) in [5.41, 5.74) is 0.887. The number of nitrogens with zero attached hydrogens (tertiary/aromatic N) is 1. The van der Waals surface area contributed by atoms with Crippen molar-refractivity contribution >= 4 is 27.7 Å². The third-order valence-electron chi connectivity index (χ3n) is 4.59. The fraction of sp³-hybridized carbons (Fsp3) is 0.364. The van der Waals surface area contributed by atoms with E-state index in [0.717, 1.165) is 16.5 Å². The van der Waals surface area contributed by atoms with E-state index in [1.165, 1.54) is 29.2 Å². The molecular weight excluding hydrogens is 439 g/mol. The van der Waals surface area contributed by atoms with Crippen LogP contribution in [0.15, 0.2) is 53.0 Å². The molecule has 2 atom stereocenters. The summed E-state index contributed by atoms with van der Waals surface area (Å²) in [6.07, 6.45) is 0.797. The van der Waals surface area contributed by atoms with E-state index in [1.807, 2.05) is 38.1 Å². The third kappa shape index (κ3) is 7.16. The normalized spacial score (nSPS) is 12.7. The quantitative estimate of drug-likeness (QED) is 0.601. The van der Waals surface area contributed by atoms with Gasteiger partial charge in [0.1, 0.15) is 17.6 Å². The minimum Gasteiger partial charge on any atom is -0.484 e. The average molecular weight is 465 g/mol. The Morgan fingerprint density at radius 1 is 1.17 bits per heavy atom. The van der Waals surface area contributed by atoms with Gasteiger partial charge in [-0.3, -0.25) is 9.59 Å². The Bertz CT molecular complexity index is 829. The van der Waals surface area contributed by atoms with Crippen molar-refractivity contribution < 1.29 is 18.7 Å². The molecule has 29 heavy (non-hydrogen) atoms. The summed E-state index contributed by atoms with van der Waals surface area (Å²) in [6, 6.07) is 12.4. The number of amides is 2. The van der Waals surface area contributed by atoms with Crippen LogP contribution in [0.3, 0.4) is 0 Å². The van der Waals surface area contributed by atoms with Crippen LogP contribution in [0.4, 0.5) is 4.39 Å². The van der Waals surface area contributed by atoms with Crippen LogP contribution in [0, 0.1) is 5.82 Å². The van der Waals surface area contributed by atoms with Crippen molar-refractivity contribution in [2.24, 2.45) is 0 Å². The second-order valence-electron chi connectivity index (χ2n) is 6.89. The Morgan fingerprint density at radius 3 is 2.48 bits per heavy atom. The zero-order valence-electron chi connectivity index (χ0n) is 16.8. The molecule has 2 aromatic carbocycles. The molecule has 0 aliphatic carbocycles. The SMILES string of the molecule is CCC(C)NC(=O)C(C)N(Cc1cccc(Br)c1)C(=O)COc1ccc(F)cc1. The lowest BCUT2D eigenvalue weighted by Gasteiger charge is -2.29. The van der Waals surface area contributed by atoms with E-state index in [-0.39, 0.29) is 36.8 Å². The van der Waals surface area contributed by atoms with Gasteiger partial charge in [0.15, 0.2) is 6.61 Å². The van der Waals surface area contributed by atoms with Crippen LogP contribution >= 0.6 is 15.9 Å². The molecule has 0 saturated carbocycles. The van der Waals surface area contributed by atoms with Crippen LogP contribution < -0.4 is 10.1 Å². The van der Waals surface area contributed by atoms with E-state index in [4.69, 9.17) is 4.74 Å². The van der Waals surface area contributed by atoms with Gasteiger partial charge >= 0.3 is 0 Å². The Balaban J connectivity index is 2.14. The number of carbonyl (C=O) groups excluding carboxylic acids is 2. The zero-order chi connectivity index (χ0) is 21.4. The predicted octanol–water partition coefficient (Wildman–Crippen LogP) is 4.30. The minimum atomic E-state index is -0.674. The summed E-state index contributed by atoms with van der Waals surface area (Å²) in [5, 5.41) is 2.92. The van der Waals surface area contributed by atoms with Gasteiger partial charge in [-0.1, -0.05) is 35.0 Å². The lowest BCUT2D eigenvalue weighted by Crippen LogP contribution is -2.50. The molecule has 7 heteroatoms. The highest BCUT2D eigenvalue weighted by atomic mass is 79.9. The van der Waals surface area contributed by atoms with E-state index in [9.17, 15) is 14.0 Å². The Labute approximate surface area is 179 Å². The van der Waals surface area contributed by atoms with E-state index < -0.39 is 6.04 Å². The van der Waals surface area contributed by atoms with Gasteiger partial charge in [-0.15, -0.1) is 0 Å². The summed E-state index contributed by atoms with van der Waals surface area (Å²) >= 11 is 3.43. The van der Waals surface area contributed by atoms with Crippen molar-refractivity contribution in [2.75, 3.05) is 6.61 Å². The molecule has 0 aliphatic heterocycles. The fourth-order valence-electron chi connectivity index (χ4n) is 2.64. The first kappa shape index (κ1) is 22.9. The molecule has 5 nitrogen and oxygen atoms in total. The summed E-state index contributed by atoms with van der Waals surface area (Å²) in [7, 11) is 0. The minimum absolute atomic E-state index is 0.0169. The highest BCUT2D eigenvalue weighted by Gasteiger charge is 2.27. The summed E-state index contributed by atoms with van der Waals surface area (Å²) < 4.78 is 19.4. The fourth-order valence-corrected chi connectivity index (χ4v) is 3.09. The molecule has 0 fully saturated rings. The number of halogens is 2. The van der Waals surface area contributed by atoms with Gasteiger partial charge in [-0.2, -0.15) is 0 Å². The molecule has 1 N–H and O–H groups in total. The van der Waals surface area contributed by atoms with Crippen molar-refractivity contribution in [1.29, 1.82) is 0 Å². The van der Waals surface area contributed by atoms with Gasteiger partial charge in [0, 0.05) is 17.1 Å². The summed E-state index contributed by atoms with van der Waals surface area (Å²) in [4.78, 5) is 27.0. The predicted molar refractivity (Wildman–Crippen MR) is 114 cm³/mol. The number of ether oxygens (including phenoxy) is 1. The number of benzene rings is 2. The highest BCUT2D eigenvalue weighted by molar-refractivity contribution is 9.10. The average Bonchev–Trinajstić information content (AvgIpc) is 2.70. The highest BCUT2D eigenvalue weighted by Crippen LogP contribution is 2.16. The Kier molecular flexibility index (Phi) is 8.64. The monoisotopic (exact) mass is 464 g/mol. The first-order valence-electron chi connectivity index (χ1n) is 9.52. The summed E-state index contributed by atoms with van der Waals surface area (Å²) in [5.74, 6) is -0.542. The summed E-state index contributed by atoms with van der Waals surface area (Å²) in [6.45, 7) is 5.62. The molecule has 156 valence electrons. The van der Waals surface area contributed by atoms with Crippen LogP contribution in [-0.4, -0.2) is 35.4 Å². The smallest absolute Gasteiger partial charge is 0.261 e. The van der Waals surface area contributed by atoms with Gasteiger partial charge in [0.25, 0.3) is 5.91 Å². The third-order valence-corrected chi connectivity index (χ3v) is 5.08. The Hall–Kier alpha value is -2.41. The number of nitrogens with one attached hydrogen (secondary N) is 1. The molecular formula is C22H26BrFN2O3. The van der Waals surface area contributed by atoms with Gasteiger partial charge in [0.05, 0.1) is 0 Å². The van der Waals surface area contributed by atoms with Gasteiger partial charge in [0.2, 0.25) is 5.91 Å². The Morgan fingerprint density at radius 2 is 1.86 bits per heavy atom. The molecule has 0 spiro atoms. The number of hydrogen-bond acceptors (Lipinski definition) is 3. The van der Waals surface area contributed by atoms with Crippen molar-refractivity contribution in [2.45, 2.75) is 45.8 Å². The molecule has 0 aliphatic rings. The van der Waals surface area contributed by atoms with E-state index in [2.05, 4.69) is 21.2 Å². The number of hydrogen-bond donors (Lipinski definition) is 1. The molecule has 2 aromatic rings. The van der Waals surface area contributed by atoms with Crippen LogP contribution in [-0.2, 0) is 16.1 Å². The van der Waals surface area contributed by atoms with Crippen LogP contribution in [0.5, 0.6) is 5.75 Å². The van der Waals surface area contributed by atoms with Gasteiger partial charge in [-0.05, 0) is 62.2 Å². The lowest BCUT2D eigenvalue weighted by atomic mass is 10.1. The second kappa shape index (κ2) is 11.0. The van der Waals surface area contributed by atoms with Crippen molar-refractivity contribution in [3.8, 4) is 5.75 Å². The topological polar surface area (TPSA) is 58.6 Å². The molecule has 2 rings (SSSR count). The molecule has 0 bridgehead atoms. The first-order valence-corrected chi connectivity index (χ1v) is 10.3. The van der Waals surface area contributed by atoms with E-state index >= 15 is 0 Å². The maximum Gasteiger partial charge on any atom is 0.261 e. The van der Waals surface area contributed by atoms with Crippen LogP contribution in [0.2, 0.25) is 0 Å². The zero-order valence-corrected chi connectivity index (χ0v) is 18.4. The van der Waals surface area contributed by atoms with Crippen molar-refractivity contribution in [3.63, 3.8) is 0 Å².